The summed E-state index contributed by atoms with van der Waals surface area (Å²) in [5.41, 5.74) is 3.26. The Labute approximate surface area is 443 Å². The third-order valence-electron chi connectivity index (χ3n) is 11.7. The molecule has 8 aromatic rings. The van der Waals surface area contributed by atoms with Gasteiger partial charge in [-0.1, -0.05) is 99.7 Å². The van der Waals surface area contributed by atoms with Crippen molar-refractivity contribution < 1.29 is 38.1 Å². The zero-order valence-electron chi connectivity index (χ0n) is 39.2. The highest BCUT2D eigenvalue weighted by molar-refractivity contribution is 8.14. The molecule has 16 bridgehead atoms. The summed E-state index contributed by atoms with van der Waals surface area (Å²) in [4.78, 5) is 58.7. The number of carbonyl (C=O) groups is 4. The van der Waals surface area contributed by atoms with Gasteiger partial charge in [0.25, 0.3) is 0 Å². The normalized spacial score (nSPS) is 15.4. The van der Waals surface area contributed by atoms with E-state index >= 15 is 0 Å². The molecule has 0 aromatic heterocycles. The van der Waals surface area contributed by atoms with Crippen molar-refractivity contribution in [2.24, 2.45) is 0 Å². The highest BCUT2D eigenvalue weighted by Crippen LogP contribution is 2.38. The van der Waals surface area contributed by atoms with E-state index in [1.165, 1.54) is 0 Å². The number of hydrogen-bond donors (Lipinski definition) is 0. The first-order valence-corrected chi connectivity index (χ1v) is 27.4. The Hall–Kier alpha value is -6.26. The van der Waals surface area contributed by atoms with E-state index in [-0.39, 0.29) is 0 Å². The smallest absolute Gasteiger partial charge is 0.377 e. The monoisotopic (exact) mass is 1060 g/mol. The second kappa shape index (κ2) is 22.7. The predicted octanol–water partition coefficient (Wildman–Crippen LogP) is 18.1. The molecule has 72 heavy (non-hydrogen) atoms. The molecule has 0 spiro atoms. The summed E-state index contributed by atoms with van der Waals surface area (Å²) in [6.45, 7) is 8.42. The van der Waals surface area contributed by atoms with Gasteiger partial charge in [0.1, 0.15) is 23.0 Å². The molecule has 0 N–H and O–H groups in total. The van der Waals surface area contributed by atoms with Crippen LogP contribution in [0.2, 0.25) is 0 Å². The summed E-state index contributed by atoms with van der Waals surface area (Å²) in [5, 5.41) is -1.78. The minimum atomic E-state index is -0.445. The van der Waals surface area contributed by atoms with Gasteiger partial charge >= 0.3 is 21.2 Å². The van der Waals surface area contributed by atoms with Gasteiger partial charge in [-0.15, -0.1) is 0 Å². The van der Waals surface area contributed by atoms with Crippen molar-refractivity contribution in [3.05, 3.63) is 216 Å². The van der Waals surface area contributed by atoms with Crippen molar-refractivity contribution in [1.82, 2.24) is 0 Å². The van der Waals surface area contributed by atoms with Gasteiger partial charge in [-0.25, -0.2) is 19.2 Å². The molecule has 0 saturated carbocycles. The van der Waals surface area contributed by atoms with Crippen molar-refractivity contribution in [2.45, 2.75) is 77.7 Å². The van der Waals surface area contributed by atoms with Crippen molar-refractivity contribution in [1.29, 1.82) is 0 Å². The lowest BCUT2D eigenvalue weighted by Crippen LogP contribution is -2.18. The molecule has 21 rings (SSSR count). The predicted molar refractivity (Wildman–Crippen MR) is 292 cm³/mol. The van der Waals surface area contributed by atoms with Crippen molar-refractivity contribution >= 4 is 91.8 Å². The third kappa shape index (κ3) is 13.2. The molecular weight excluding hydrogens is 1020 g/mol. The highest BCUT2D eigenvalue weighted by Gasteiger charge is 2.25. The van der Waals surface area contributed by atoms with Gasteiger partial charge in [-0.05, 0) is 215 Å². The lowest BCUT2D eigenvalue weighted by atomic mass is 9.78. The molecule has 0 saturated heterocycles. The fourth-order valence-corrected chi connectivity index (χ4v) is 11.6. The maximum atomic E-state index is 12.9. The van der Waals surface area contributed by atoms with Crippen LogP contribution in [-0.2, 0) is 10.8 Å². The van der Waals surface area contributed by atoms with E-state index in [1.807, 2.05) is 146 Å². The second-order valence-corrected chi connectivity index (χ2v) is 23.6. The molecule has 13 aliphatic heterocycles. The van der Waals surface area contributed by atoms with Gasteiger partial charge in [0.05, 0.1) is 0 Å². The Balaban J connectivity index is 0.877. The minimum Gasteiger partial charge on any atom is -0.418 e. The number of thioether (sulfide) groups is 4. The average molecular weight is 1060 g/mol. The van der Waals surface area contributed by atoms with Crippen molar-refractivity contribution in [3.63, 3.8) is 0 Å². The molecule has 360 valence electrons. The van der Waals surface area contributed by atoms with Crippen molar-refractivity contribution in [2.75, 3.05) is 0 Å². The summed E-state index contributed by atoms with van der Waals surface area (Å²) in [6, 6.07) is 60.6. The SMILES string of the molecule is CC1(C)c2ccc(cc2)OC(=O)Sc2ccc(cc2)Sc2ccc(cc2)SC(=O)Oc2ccc(cc2)C(C)(C)c2ccc(cc2)OC(=O)Sc2ccc(cc2)Sc2ccc(cc2)SC(=O)Oc2ccc1cc2. The molecule has 8 aromatic carbocycles. The first-order valence-electron chi connectivity index (χ1n) is 22.5. The Morgan fingerprint density at radius 2 is 0.389 bits per heavy atom. The quantitative estimate of drug-likeness (QED) is 0.135. The molecule has 14 heteroatoms. The maximum Gasteiger partial charge on any atom is 0.377 e. The van der Waals surface area contributed by atoms with E-state index in [9.17, 15) is 19.2 Å². The zero-order valence-corrected chi connectivity index (χ0v) is 44.1. The van der Waals surface area contributed by atoms with Crippen LogP contribution in [0.25, 0.3) is 0 Å². The first-order chi connectivity index (χ1) is 34.7. The Kier molecular flexibility index (Phi) is 15.9. The number of ether oxygens (including phenoxy) is 4. The lowest BCUT2D eigenvalue weighted by molar-refractivity contribution is 0.226. The standard InChI is InChI=1S/C58H44O8S6/c1-57(2)37-5-13-41(14-6-37)63-53(59)69-49-29-21-45(22-30-49)67-47-25-33-51(34-26-47)71-55(61)65-43-17-9-39(10-18-43)58(3,4)40-11-19-44(20-12-40)66-56(62)72-52-35-27-48(28-36-52)68-46-23-31-50(32-24-46)70-54(60)64-42-15-7-38(57)8-16-42/h5-36H,1-4H3. The molecular formula is C58H44O8S6. The van der Waals surface area contributed by atoms with Crippen LogP contribution in [0.1, 0.15) is 49.9 Å². The molecule has 0 fully saturated rings. The van der Waals surface area contributed by atoms with E-state index in [4.69, 9.17) is 18.9 Å². The number of benzene rings is 8. The molecule has 8 nitrogen and oxygen atoms in total. The van der Waals surface area contributed by atoms with Gasteiger partial charge in [-0.3, -0.25) is 0 Å². The third-order valence-corrected chi connectivity index (χ3v) is 16.7. The molecule has 0 unspecified atom stereocenters. The van der Waals surface area contributed by atoms with Gasteiger partial charge in [0.2, 0.25) is 0 Å². The Bertz CT molecular complexity index is 2760. The van der Waals surface area contributed by atoms with E-state index < -0.39 is 32.0 Å². The van der Waals surface area contributed by atoms with Crippen LogP contribution < -0.4 is 18.9 Å². The van der Waals surface area contributed by atoms with E-state index in [1.54, 1.807) is 72.1 Å². The van der Waals surface area contributed by atoms with E-state index in [0.29, 0.717) is 23.0 Å². The molecule has 13 heterocycles. The van der Waals surface area contributed by atoms with Gasteiger partial charge < -0.3 is 18.9 Å². The summed E-state index contributed by atoms with van der Waals surface area (Å²) in [6.07, 6.45) is 0. The van der Waals surface area contributed by atoms with Crippen LogP contribution >= 0.6 is 70.6 Å². The lowest BCUT2D eigenvalue weighted by Gasteiger charge is -2.26. The van der Waals surface area contributed by atoms with Crippen molar-refractivity contribution in [3.8, 4) is 23.0 Å². The van der Waals surface area contributed by atoms with Gasteiger partial charge in [0.15, 0.2) is 0 Å². The van der Waals surface area contributed by atoms with Crippen LogP contribution in [0.4, 0.5) is 19.2 Å². The van der Waals surface area contributed by atoms with Crippen LogP contribution in [0.3, 0.4) is 0 Å². The first kappa shape index (κ1) is 50.7. The summed E-state index contributed by atoms with van der Waals surface area (Å²) >= 11 is 7.17. The van der Waals surface area contributed by atoms with Crippen LogP contribution in [0.15, 0.2) is 233 Å². The fraction of sp³-hybridized carbons (Fsp3) is 0.103. The fourth-order valence-electron chi connectivity index (χ4n) is 7.52. The highest BCUT2D eigenvalue weighted by atomic mass is 32.2. The molecule has 13 aliphatic rings. The average Bonchev–Trinajstić information content (AvgIpc) is 3.37. The summed E-state index contributed by atoms with van der Waals surface area (Å²) in [5.74, 6) is 1.75. The summed E-state index contributed by atoms with van der Waals surface area (Å²) in [7, 11) is 0. The molecule has 0 radical (unpaired) electrons. The van der Waals surface area contributed by atoms with Crippen LogP contribution in [0, 0.1) is 0 Å². The van der Waals surface area contributed by atoms with E-state index in [0.717, 1.165) is 108 Å². The van der Waals surface area contributed by atoms with Crippen LogP contribution in [0.5, 0.6) is 23.0 Å². The van der Waals surface area contributed by atoms with Gasteiger partial charge in [-0.2, -0.15) is 0 Å². The summed E-state index contributed by atoms with van der Waals surface area (Å²) < 4.78 is 22.7. The number of hydrogen-bond acceptors (Lipinski definition) is 14. The second-order valence-electron chi connectivity index (χ2n) is 17.3. The molecule has 0 atom stereocenters. The molecule has 0 amide bonds. The van der Waals surface area contributed by atoms with Crippen LogP contribution in [-0.4, -0.2) is 21.2 Å². The van der Waals surface area contributed by atoms with Gasteiger partial charge in [0, 0.05) is 50.0 Å². The Morgan fingerprint density at radius 3 is 0.556 bits per heavy atom. The maximum absolute atomic E-state index is 12.9. The van der Waals surface area contributed by atoms with E-state index in [2.05, 4.69) is 27.7 Å². The molecule has 0 aliphatic carbocycles. The number of rotatable bonds is 0. The topological polar surface area (TPSA) is 105 Å². The Morgan fingerprint density at radius 1 is 0.236 bits per heavy atom. The number of carbonyl (C=O) groups excluding carboxylic acids is 4. The largest absolute Gasteiger partial charge is 0.418 e. The zero-order chi connectivity index (χ0) is 50.2. The minimum absolute atomic E-state index is 0.401.